The summed E-state index contributed by atoms with van der Waals surface area (Å²) in [5.74, 6) is 1.94. The smallest absolute Gasteiger partial charge is 0.230 e. The number of nitrogens with one attached hydrogen (secondary N) is 1. The second-order valence-electron chi connectivity index (χ2n) is 3.81. The molecule has 0 aromatic carbocycles. The number of rotatable bonds is 4. The molecule has 96 valence electrons. The van der Waals surface area contributed by atoms with Crippen molar-refractivity contribution in [3.8, 4) is 10.7 Å². The molecule has 7 heteroatoms. The van der Waals surface area contributed by atoms with Gasteiger partial charge in [0.1, 0.15) is 0 Å². The lowest BCUT2D eigenvalue weighted by Gasteiger charge is -2.12. The summed E-state index contributed by atoms with van der Waals surface area (Å²) >= 11 is 5.11. The van der Waals surface area contributed by atoms with Crippen molar-refractivity contribution in [2.45, 2.75) is 6.92 Å². The third-order valence-electron chi connectivity index (χ3n) is 2.18. The fraction of sp³-hybridized carbons (Fsp3) is 0.364. The molecule has 18 heavy (non-hydrogen) atoms. The summed E-state index contributed by atoms with van der Waals surface area (Å²) in [5, 5.41) is 5.13. The van der Waals surface area contributed by atoms with Gasteiger partial charge in [-0.3, -0.25) is 0 Å². The molecule has 0 aliphatic carbocycles. The Hall–Kier alpha value is -1.21. The molecule has 1 N–H and O–H groups in total. The fourth-order valence-corrected chi connectivity index (χ4v) is 2.84. The Balaban J connectivity index is 2.50. The quantitative estimate of drug-likeness (QED) is 0.935. The number of hydrogen-bond acceptors (Lipinski definition) is 6. The van der Waals surface area contributed by atoms with Crippen molar-refractivity contribution < 1.29 is 0 Å². The third kappa shape index (κ3) is 2.78. The molecular weight excluding hydrogens is 314 g/mol. The van der Waals surface area contributed by atoms with Crippen LogP contribution < -0.4 is 10.2 Å². The third-order valence-corrected chi connectivity index (χ3v) is 4.01. The zero-order valence-corrected chi connectivity index (χ0v) is 12.8. The molecule has 0 spiro atoms. The molecule has 0 radical (unpaired) electrons. The van der Waals surface area contributed by atoms with Gasteiger partial charge in [0.05, 0.1) is 4.88 Å². The predicted octanol–water partition coefficient (Wildman–Crippen LogP) is 2.86. The molecule has 0 saturated carbocycles. The monoisotopic (exact) mass is 327 g/mol. The minimum absolute atomic E-state index is 0.603. The average molecular weight is 328 g/mol. The first kappa shape index (κ1) is 13.2. The van der Waals surface area contributed by atoms with Crippen LogP contribution in [0.2, 0.25) is 0 Å². The molecule has 0 aliphatic heterocycles. The summed E-state index contributed by atoms with van der Waals surface area (Å²) in [6, 6.07) is 1.99. The van der Waals surface area contributed by atoms with Gasteiger partial charge < -0.3 is 10.2 Å². The van der Waals surface area contributed by atoms with Gasteiger partial charge in [0, 0.05) is 25.1 Å². The van der Waals surface area contributed by atoms with E-state index in [1.54, 1.807) is 11.3 Å². The molecule has 2 aromatic rings. The van der Waals surface area contributed by atoms with Crippen LogP contribution >= 0.6 is 27.3 Å². The normalized spacial score (nSPS) is 10.4. The van der Waals surface area contributed by atoms with Gasteiger partial charge in [0.2, 0.25) is 11.9 Å². The van der Waals surface area contributed by atoms with Crippen LogP contribution in [-0.2, 0) is 0 Å². The molecule has 2 aromatic heterocycles. The van der Waals surface area contributed by atoms with Crippen molar-refractivity contribution in [2.75, 3.05) is 30.9 Å². The summed E-state index contributed by atoms with van der Waals surface area (Å²) in [5.41, 5.74) is 0. The first-order chi connectivity index (χ1) is 8.61. The van der Waals surface area contributed by atoms with Crippen molar-refractivity contribution in [2.24, 2.45) is 0 Å². The molecule has 0 unspecified atom stereocenters. The Morgan fingerprint density at radius 3 is 2.67 bits per heavy atom. The summed E-state index contributed by atoms with van der Waals surface area (Å²) in [6.45, 7) is 2.79. The SMILES string of the molecule is CCNc1nc(-c2sccc2Br)nc(N(C)C)n1. The maximum absolute atomic E-state index is 4.46. The molecule has 0 aliphatic rings. The molecule has 5 nitrogen and oxygen atoms in total. The highest BCUT2D eigenvalue weighted by Crippen LogP contribution is 2.32. The summed E-state index contributed by atoms with van der Waals surface area (Å²) in [4.78, 5) is 16.1. The largest absolute Gasteiger partial charge is 0.354 e. The summed E-state index contributed by atoms with van der Waals surface area (Å²) in [7, 11) is 3.83. The Kier molecular flexibility index (Phi) is 4.13. The highest BCUT2D eigenvalue weighted by atomic mass is 79.9. The van der Waals surface area contributed by atoms with Crippen LogP contribution in [0, 0.1) is 0 Å². The van der Waals surface area contributed by atoms with E-state index in [0.717, 1.165) is 15.9 Å². The predicted molar refractivity (Wildman–Crippen MR) is 79.3 cm³/mol. The molecule has 0 atom stereocenters. The van der Waals surface area contributed by atoms with Crippen molar-refractivity contribution in [1.29, 1.82) is 0 Å². The maximum Gasteiger partial charge on any atom is 0.230 e. The number of nitrogens with zero attached hydrogens (tertiary/aromatic N) is 4. The van der Waals surface area contributed by atoms with E-state index < -0.39 is 0 Å². The Labute approximate surface area is 118 Å². The second kappa shape index (κ2) is 5.62. The topological polar surface area (TPSA) is 53.9 Å². The van der Waals surface area contributed by atoms with Crippen LogP contribution in [0.25, 0.3) is 10.7 Å². The number of anilines is 2. The van der Waals surface area contributed by atoms with Crippen LogP contribution in [0.5, 0.6) is 0 Å². The van der Waals surface area contributed by atoms with Crippen molar-refractivity contribution in [3.63, 3.8) is 0 Å². The van der Waals surface area contributed by atoms with E-state index in [4.69, 9.17) is 0 Å². The highest BCUT2D eigenvalue weighted by molar-refractivity contribution is 9.10. The van der Waals surface area contributed by atoms with E-state index in [-0.39, 0.29) is 0 Å². The highest BCUT2D eigenvalue weighted by Gasteiger charge is 2.12. The number of aromatic nitrogens is 3. The van der Waals surface area contributed by atoms with Crippen molar-refractivity contribution in [3.05, 3.63) is 15.9 Å². The lowest BCUT2D eigenvalue weighted by Crippen LogP contribution is -2.15. The number of halogens is 1. The molecule has 0 amide bonds. The zero-order valence-electron chi connectivity index (χ0n) is 10.4. The lowest BCUT2D eigenvalue weighted by molar-refractivity contribution is 0.955. The lowest BCUT2D eigenvalue weighted by atomic mass is 10.4. The van der Waals surface area contributed by atoms with Crippen LogP contribution in [-0.4, -0.2) is 35.6 Å². The maximum atomic E-state index is 4.46. The molecular formula is C11H14BrN5S. The van der Waals surface area contributed by atoms with Crippen molar-refractivity contribution in [1.82, 2.24) is 15.0 Å². The van der Waals surface area contributed by atoms with Gasteiger partial charge in [-0.05, 0) is 34.3 Å². The Bertz CT molecular complexity index is 540. The van der Waals surface area contributed by atoms with Gasteiger partial charge in [-0.15, -0.1) is 11.3 Å². The Morgan fingerprint density at radius 2 is 2.11 bits per heavy atom. The summed E-state index contributed by atoms with van der Waals surface area (Å²) in [6.07, 6.45) is 0. The van der Waals surface area contributed by atoms with Crippen LogP contribution in [0.4, 0.5) is 11.9 Å². The molecule has 0 fully saturated rings. The minimum Gasteiger partial charge on any atom is -0.354 e. The van der Waals surface area contributed by atoms with Crippen LogP contribution in [0.1, 0.15) is 6.92 Å². The zero-order chi connectivity index (χ0) is 13.1. The fourth-order valence-electron chi connectivity index (χ4n) is 1.36. The first-order valence-electron chi connectivity index (χ1n) is 5.52. The van der Waals surface area contributed by atoms with E-state index in [1.165, 1.54) is 0 Å². The van der Waals surface area contributed by atoms with Gasteiger partial charge in [0.25, 0.3) is 0 Å². The van der Waals surface area contributed by atoms with Gasteiger partial charge in [-0.1, -0.05) is 0 Å². The standard InChI is InChI=1S/C11H14BrN5S/c1-4-13-10-14-9(8-7(12)5-6-18-8)15-11(16-10)17(2)3/h5-6H,4H2,1-3H3,(H,13,14,15,16). The first-order valence-corrected chi connectivity index (χ1v) is 7.19. The van der Waals surface area contributed by atoms with Gasteiger partial charge in [0.15, 0.2) is 5.82 Å². The summed E-state index contributed by atoms with van der Waals surface area (Å²) < 4.78 is 1.01. The molecule has 0 saturated heterocycles. The average Bonchev–Trinajstić information content (AvgIpc) is 2.75. The molecule has 2 rings (SSSR count). The van der Waals surface area contributed by atoms with Crippen LogP contribution in [0.3, 0.4) is 0 Å². The van der Waals surface area contributed by atoms with Gasteiger partial charge in [-0.25, -0.2) is 0 Å². The Morgan fingerprint density at radius 1 is 1.33 bits per heavy atom. The van der Waals surface area contributed by atoms with Gasteiger partial charge >= 0.3 is 0 Å². The van der Waals surface area contributed by atoms with Crippen LogP contribution in [0.15, 0.2) is 15.9 Å². The van der Waals surface area contributed by atoms with E-state index in [0.29, 0.717) is 17.7 Å². The van der Waals surface area contributed by atoms with E-state index in [2.05, 4.69) is 36.2 Å². The van der Waals surface area contributed by atoms with E-state index in [9.17, 15) is 0 Å². The number of hydrogen-bond donors (Lipinski definition) is 1. The number of thiophene rings is 1. The minimum atomic E-state index is 0.603. The second-order valence-corrected chi connectivity index (χ2v) is 5.58. The van der Waals surface area contributed by atoms with Crippen molar-refractivity contribution >= 4 is 39.2 Å². The molecule has 0 bridgehead atoms. The molecule has 2 heterocycles. The van der Waals surface area contributed by atoms with E-state index in [1.807, 2.05) is 37.4 Å². The van der Waals surface area contributed by atoms with E-state index >= 15 is 0 Å². The van der Waals surface area contributed by atoms with Gasteiger partial charge in [-0.2, -0.15) is 15.0 Å².